The molecule has 1 aromatic carbocycles. The number of hydrogen-bond acceptors (Lipinski definition) is 4. The summed E-state index contributed by atoms with van der Waals surface area (Å²) in [4.78, 5) is 16.7. The molecule has 140 valence electrons. The van der Waals surface area contributed by atoms with Crippen molar-refractivity contribution in [2.24, 2.45) is 10.8 Å². The first kappa shape index (κ1) is 19.2. The number of amides is 1. The van der Waals surface area contributed by atoms with E-state index < -0.39 is 0 Å². The second kappa shape index (κ2) is 6.86. The van der Waals surface area contributed by atoms with Gasteiger partial charge < -0.3 is 10.1 Å². The maximum atomic E-state index is 12.5. The average Bonchev–Trinajstić information content (AvgIpc) is 2.64. The van der Waals surface area contributed by atoms with Crippen molar-refractivity contribution in [1.29, 1.82) is 5.26 Å². The van der Waals surface area contributed by atoms with E-state index in [-0.39, 0.29) is 28.9 Å². The Bertz CT molecular complexity index is 887. The zero-order chi connectivity index (χ0) is 19.8. The molecule has 27 heavy (non-hydrogen) atoms. The Hall–Kier alpha value is -2.58. The van der Waals surface area contributed by atoms with Crippen LogP contribution in [0.1, 0.15) is 43.7 Å². The lowest BCUT2D eigenvalue weighted by Gasteiger charge is -2.63. The lowest BCUT2D eigenvalue weighted by atomic mass is 9.49. The van der Waals surface area contributed by atoms with Crippen LogP contribution in [0.5, 0.6) is 5.75 Å². The molecular weight excluding hydrogens is 362 g/mol. The second-order valence-electron chi connectivity index (χ2n) is 8.02. The summed E-state index contributed by atoms with van der Waals surface area (Å²) in [6.07, 6.45) is 1.47. The molecule has 0 atom stereocenters. The highest BCUT2D eigenvalue weighted by Gasteiger charge is 2.64. The van der Waals surface area contributed by atoms with Gasteiger partial charge in [-0.15, -0.1) is 0 Å². The molecule has 1 saturated carbocycles. The molecule has 0 aliphatic heterocycles. The van der Waals surface area contributed by atoms with Crippen molar-refractivity contribution in [2.45, 2.75) is 39.8 Å². The third-order valence-corrected chi connectivity index (χ3v) is 5.64. The first-order valence-electron chi connectivity index (χ1n) is 8.76. The van der Waals surface area contributed by atoms with Gasteiger partial charge in [0, 0.05) is 29.1 Å². The molecule has 1 amide bonds. The molecule has 1 aliphatic carbocycles. The molecule has 0 saturated heterocycles. The molecule has 5 nitrogen and oxygen atoms in total. The Balaban J connectivity index is 1.77. The van der Waals surface area contributed by atoms with Gasteiger partial charge in [0.1, 0.15) is 23.6 Å². The summed E-state index contributed by atoms with van der Waals surface area (Å²) in [5.41, 5.74) is 0.215. The molecule has 2 aromatic rings. The number of pyridine rings is 1. The third-order valence-electron chi connectivity index (χ3n) is 5.33. The van der Waals surface area contributed by atoms with Gasteiger partial charge in [0.15, 0.2) is 0 Å². The number of hydrogen-bond donors (Lipinski definition) is 1. The Morgan fingerprint density at radius 2 is 1.93 bits per heavy atom. The summed E-state index contributed by atoms with van der Waals surface area (Å²) in [7, 11) is 0. The minimum Gasteiger partial charge on any atom is -0.489 e. The van der Waals surface area contributed by atoms with E-state index in [1.165, 1.54) is 0 Å². The van der Waals surface area contributed by atoms with E-state index in [2.05, 4.69) is 38.0 Å². The van der Waals surface area contributed by atoms with Crippen LogP contribution in [0, 0.1) is 22.2 Å². The van der Waals surface area contributed by atoms with Crippen LogP contribution >= 0.6 is 11.6 Å². The Kier molecular flexibility index (Phi) is 4.88. The maximum Gasteiger partial charge on any atom is 0.270 e. The van der Waals surface area contributed by atoms with Crippen molar-refractivity contribution in [3.63, 3.8) is 0 Å². The Morgan fingerprint density at radius 1 is 1.22 bits per heavy atom. The number of carbonyl (C=O) groups excluding carboxylic acids is 1. The lowest BCUT2D eigenvalue weighted by Crippen LogP contribution is -2.74. The fraction of sp³-hybridized carbons (Fsp3) is 0.381. The number of ether oxygens (including phenoxy) is 1. The monoisotopic (exact) mass is 383 g/mol. The minimum atomic E-state index is -0.297. The molecule has 1 fully saturated rings. The Morgan fingerprint density at radius 3 is 2.48 bits per heavy atom. The van der Waals surface area contributed by atoms with Crippen molar-refractivity contribution in [3.8, 4) is 11.8 Å². The van der Waals surface area contributed by atoms with Crippen LogP contribution < -0.4 is 10.1 Å². The number of benzene rings is 1. The number of nitrogens with zero attached hydrogens (tertiary/aromatic N) is 2. The van der Waals surface area contributed by atoms with Gasteiger partial charge in [-0.2, -0.15) is 5.26 Å². The van der Waals surface area contributed by atoms with Crippen molar-refractivity contribution >= 4 is 17.5 Å². The molecular formula is C21H22ClN3O2. The second-order valence-corrected chi connectivity index (χ2v) is 8.42. The van der Waals surface area contributed by atoms with Crippen LogP contribution in [-0.2, 0) is 0 Å². The Labute approximate surface area is 164 Å². The first-order valence-corrected chi connectivity index (χ1v) is 9.14. The van der Waals surface area contributed by atoms with Crippen LogP contribution in [0.3, 0.4) is 0 Å². The van der Waals surface area contributed by atoms with E-state index in [4.69, 9.17) is 21.6 Å². The summed E-state index contributed by atoms with van der Waals surface area (Å²) in [6, 6.07) is 12.3. The minimum absolute atomic E-state index is 0.0849. The van der Waals surface area contributed by atoms with E-state index in [1.54, 1.807) is 42.6 Å². The highest BCUT2D eigenvalue weighted by molar-refractivity contribution is 6.31. The van der Waals surface area contributed by atoms with Gasteiger partial charge in [0.2, 0.25) is 0 Å². The summed E-state index contributed by atoms with van der Waals surface area (Å²) < 4.78 is 6.22. The van der Waals surface area contributed by atoms with Gasteiger partial charge >= 0.3 is 0 Å². The third kappa shape index (κ3) is 3.38. The lowest BCUT2D eigenvalue weighted by molar-refractivity contribution is -0.164. The summed E-state index contributed by atoms with van der Waals surface area (Å²) >= 11 is 6.12. The molecule has 0 unspecified atom stereocenters. The highest BCUT2D eigenvalue weighted by atomic mass is 35.5. The number of nitriles is 1. The zero-order valence-corrected chi connectivity index (χ0v) is 16.5. The average molecular weight is 384 g/mol. The fourth-order valence-corrected chi connectivity index (χ4v) is 4.51. The zero-order valence-electron chi connectivity index (χ0n) is 15.8. The van der Waals surface area contributed by atoms with Crippen molar-refractivity contribution < 1.29 is 9.53 Å². The highest BCUT2D eigenvalue weighted by Crippen LogP contribution is 2.55. The first-order chi connectivity index (χ1) is 12.7. The van der Waals surface area contributed by atoms with E-state index >= 15 is 0 Å². The van der Waals surface area contributed by atoms with Gasteiger partial charge in [0.25, 0.3) is 5.91 Å². The molecule has 0 radical (unpaired) electrons. The van der Waals surface area contributed by atoms with Crippen molar-refractivity contribution in [3.05, 3.63) is 58.9 Å². The standard InChI is InChI=1S/C21H22ClN3O2/c1-20(2)18(25-17(26)16-7-5-6-10-24-16)21(3,4)19(20)27-14-9-8-13(12-23)15(22)11-14/h5-11,18-19H,1-4H3,(H,25,26)/t18-,19-. The predicted molar refractivity (Wildman–Crippen MR) is 104 cm³/mol. The van der Waals surface area contributed by atoms with Crippen molar-refractivity contribution in [1.82, 2.24) is 10.3 Å². The maximum absolute atomic E-state index is 12.5. The number of rotatable bonds is 4. The number of halogens is 1. The molecule has 6 heteroatoms. The molecule has 1 N–H and O–H groups in total. The molecule has 0 bridgehead atoms. The van der Waals surface area contributed by atoms with Crippen molar-refractivity contribution in [2.75, 3.05) is 0 Å². The van der Waals surface area contributed by atoms with Gasteiger partial charge in [-0.1, -0.05) is 45.4 Å². The van der Waals surface area contributed by atoms with Gasteiger partial charge in [-0.05, 0) is 24.3 Å². The van der Waals surface area contributed by atoms with E-state index in [0.29, 0.717) is 22.0 Å². The smallest absolute Gasteiger partial charge is 0.270 e. The number of carbonyl (C=O) groups is 1. The fourth-order valence-electron chi connectivity index (χ4n) is 4.30. The van der Waals surface area contributed by atoms with E-state index in [9.17, 15) is 4.79 Å². The SMILES string of the molecule is CC1(C)[C@H](NC(=O)c2ccccn2)C(C)(C)[C@H]1Oc1ccc(C#N)c(Cl)c1. The van der Waals surface area contributed by atoms with E-state index in [0.717, 1.165) is 0 Å². The van der Waals surface area contributed by atoms with Crippen LogP contribution in [0.15, 0.2) is 42.6 Å². The molecule has 1 aliphatic rings. The molecule has 3 rings (SSSR count). The molecule has 0 spiro atoms. The van der Waals surface area contributed by atoms with Crippen LogP contribution in [0.25, 0.3) is 0 Å². The number of nitrogens with one attached hydrogen (secondary N) is 1. The van der Waals surface area contributed by atoms with Crippen LogP contribution in [-0.4, -0.2) is 23.0 Å². The van der Waals surface area contributed by atoms with Crippen LogP contribution in [0.4, 0.5) is 0 Å². The van der Waals surface area contributed by atoms with Crippen LogP contribution in [0.2, 0.25) is 5.02 Å². The predicted octanol–water partition coefficient (Wildman–Crippen LogP) is 4.22. The quantitative estimate of drug-likeness (QED) is 0.857. The summed E-state index contributed by atoms with van der Waals surface area (Å²) in [5.74, 6) is 0.418. The number of aromatic nitrogens is 1. The van der Waals surface area contributed by atoms with Gasteiger partial charge in [-0.3, -0.25) is 9.78 Å². The largest absolute Gasteiger partial charge is 0.489 e. The van der Waals surface area contributed by atoms with Gasteiger partial charge in [-0.25, -0.2) is 0 Å². The summed E-state index contributed by atoms with van der Waals surface area (Å²) in [6.45, 7) is 8.27. The van der Waals surface area contributed by atoms with Gasteiger partial charge in [0.05, 0.1) is 10.6 Å². The van der Waals surface area contributed by atoms with E-state index in [1.807, 2.05) is 6.07 Å². The topological polar surface area (TPSA) is 75.0 Å². The molecule has 1 heterocycles. The normalized spacial score (nSPS) is 22.2. The summed E-state index contributed by atoms with van der Waals surface area (Å²) in [5, 5.41) is 12.5. The molecule has 1 aromatic heterocycles.